The van der Waals surface area contributed by atoms with Crippen LogP contribution in [0.15, 0.2) is 12.7 Å². The fourth-order valence-electron chi connectivity index (χ4n) is 1.45. The van der Waals surface area contributed by atoms with Gasteiger partial charge < -0.3 is 15.4 Å². The molecule has 0 aromatic carbocycles. The first-order chi connectivity index (χ1) is 8.13. The van der Waals surface area contributed by atoms with E-state index in [0.717, 1.165) is 12.8 Å². The van der Waals surface area contributed by atoms with Gasteiger partial charge in [-0.3, -0.25) is 4.79 Å². The second kappa shape index (κ2) is 10.3. The Bertz CT molecular complexity index is 215. The largest absolute Gasteiger partial charge is 0.373 e. The van der Waals surface area contributed by atoms with Crippen LogP contribution >= 0.6 is 0 Å². The maximum absolute atomic E-state index is 11.5. The van der Waals surface area contributed by atoms with Gasteiger partial charge in [0, 0.05) is 12.6 Å². The van der Waals surface area contributed by atoms with Crippen molar-refractivity contribution in [1.82, 2.24) is 10.6 Å². The van der Waals surface area contributed by atoms with Gasteiger partial charge >= 0.3 is 0 Å². The van der Waals surface area contributed by atoms with Crippen molar-refractivity contribution in [3.63, 3.8) is 0 Å². The highest BCUT2D eigenvalue weighted by molar-refractivity contribution is 5.78. The molecule has 2 N–H and O–H groups in total. The summed E-state index contributed by atoms with van der Waals surface area (Å²) >= 11 is 0. The van der Waals surface area contributed by atoms with Gasteiger partial charge in [0.05, 0.1) is 19.3 Å². The fourth-order valence-corrected chi connectivity index (χ4v) is 1.45. The van der Waals surface area contributed by atoms with Gasteiger partial charge in [-0.15, -0.1) is 6.58 Å². The minimum atomic E-state index is 0.0506. The molecule has 1 unspecified atom stereocenters. The van der Waals surface area contributed by atoms with Crippen molar-refractivity contribution in [2.45, 2.75) is 45.8 Å². The molecule has 17 heavy (non-hydrogen) atoms. The van der Waals surface area contributed by atoms with Crippen molar-refractivity contribution in [3.05, 3.63) is 12.7 Å². The molecule has 4 heteroatoms. The van der Waals surface area contributed by atoms with E-state index >= 15 is 0 Å². The molecular weight excluding hydrogens is 216 g/mol. The SMILES string of the molecule is C=CCOC(C)CNCC(=O)NC(CC)CC. The Morgan fingerprint density at radius 3 is 2.59 bits per heavy atom. The van der Waals surface area contributed by atoms with Gasteiger partial charge in [-0.05, 0) is 19.8 Å². The molecule has 0 rings (SSSR count). The minimum absolute atomic E-state index is 0.0506. The van der Waals surface area contributed by atoms with Crippen molar-refractivity contribution >= 4 is 5.91 Å². The molecule has 0 aliphatic rings. The summed E-state index contributed by atoms with van der Waals surface area (Å²) in [5, 5.41) is 6.05. The number of ether oxygens (including phenoxy) is 1. The first-order valence-corrected chi connectivity index (χ1v) is 6.36. The lowest BCUT2D eigenvalue weighted by Gasteiger charge is -2.16. The highest BCUT2D eigenvalue weighted by Crippen LogP contribution is 1.95. The number of nitrogens with one attached hydrogen (secondary N) is 2. The van der Waals surface area contributed by atoms with E-state index in [1.54, 1.807) is 6.08 Å². The smallest absolute Gasteiger partial charge is 0.234 e. The van der Waals surface area contributed by atoms with E-state index in [2.05, 4.69) is 31.1 Å². The molecule has 0 aromatic rings. The number of amides is 1. The van der Waals surface area contributed by atoms with Crippen molar-refractivity contribution in [2.24, 2.45) is 0 Å². The average molecular weight is 242 g/mol. The molecular formula is C13H26N2O2. The number of hydrogen-bond donors (Lipinski definition) is 2. The zero-order chi connectivity index (χ0) is 13.1. The second-order valence-corrected chi connectivity index (χ2v) is 4.14. The van der Waals surface area contributed by atoms with E-state index in [4.69, 9.17) is 4.74 Å². The Morgan fingerprint density at radius 1 is 1.41 bits per heavy atom. The Labute approximate surface area is 105 Å². The van der Waals surface area contributed by atoms with E-state index in [1.165, 1.54) is 0 Å². The van der Waals surface area contributed by atoms with Crippen LogP contribution < -0.4 is 10.6 Å². The summed E-state index contributed by atoms with van der Waals surface area (Å²) in [5.41, 5.74) is 0. The van der Waals surface area contributed by atoms with Crippen LogP contribution in [0.4, 0.5) is 0 Å². The van der Waals surface area contributed by atoms with E-state index in [-0.39, 0.29) is 12.0 Å². The first kappa shape index (κ1) is 16.1. The van der Waals surface area contributed by atoms with Crippen molar-refractivity contribution in [3.8, 4) is 0 Å². The average Bonchev–Trinajstić information content (AvgIpc) is 2.33. The zero-order valence-electron chi connectivity index (χ0n) is 11.3. The second-order valence-electron chi connectivity index (χ2n) is 4.14. The summed E-state index contributed by atoms with van der Waals surface area (Å²) in [6.45, 7) is 11.3. The number of carbonyl (C=O) groups is 1. The Morgan fingerprint density at radius 2 is 2.06 bits per heavy atom. The van der Waals surface area contributed by atoms with Gasteiger partial charge in [0.15, 0.2) is 0 Å². The molecule has 0 aliphatic carbocycles. The number of rotatable bonds is 10. The van der Waals surface area contributed by atoms with Crippen LogP contribution in [0.25, 0.3) is 0 Å². The summed E-state index contributed by atoms with van der Waals surface area (Å²) in [6.07, 6.45) is 3.76. The van der Waals surface area contributed by atoms with Gasteiger partial charge in [-0.2, -0.15) is 0 Å². The predicted octanol–water partition coefficient (Wildman–Crippen LogP) is 1.47. The number of hydrogen-bond acceptors (Lipinski definition) is 3. The van der Waals surface area contributed by atoms with E-state index < -0.39 is 0 Å². The zero-order valence-corrected chi connectivity index (χ0v) is 11.3. The lowest BCUT2D eigenvalue weighted by molar-refractivity contribution is -0.121. The van der Waals surface area contributed by atoms with Crippen LogP contribution in [0, 0.1) is 0 Å². The van der Waals surface area contributed by atoms with Crippen molar-refractivity contribution < 1.29 is 9.53 Å². The van der Waals surface area contributed by atoms with Crippen LogP contribution in [-0.2, 0) is 9.53 Å². The summed E-state index contributed by atoms with van der Waals surface area (Å²) in [7, 11) is 0. The summed E-state index contributed by atoms with van der Waals surface area (Å²) < 4.78 is 5.38. The Hall–Kier alpha value is -0.870. The Kier molecular flexibility index (Phi) is 9.77. The third-order valence-corrected chi connectivity index (χ3v) is 2.57. The van der Waals surface area contributed by atoms with E-state index in [1.807, 2.05) is 6.92 Å². The monoisotopic (exact) mass is 242 g/mol. The standard InChI is InChI=1S/C13H26N2O2/c1-5-8-17-11(4)9-14-10-13(16)15-12(6-2)7-3/h5,11-12,14H,1,6-10H2,2-4H3,(H,15,16). The summed E-state index contributed by atoms with van der Waals surface area (Å²) in [6, 6.07) is 0.290. The van der Waals surface area contributed by atoms with Crippen LogP contribution in [0.3, 0.4) is 0 Å². The molecule has 1 amide bonds. The van der Waals surface area contributed by atoms with Crippen LogP contribution in [0.5, 0.6) is 0 Å². The van der Waals surface area contributed by atoms with Gasteiger partial charge in [0.25, 0.3) is 0 Å². The van der Waals surface area contributed by atoms with Gasteiger partial charge in [0.2, 0.25) is 5.91 Å². The topological polar surface area (TPSA) is 50.4 Å². The predicted molar refractivity (Wildman–Crippen MR) is 71.0 cm³/mol. The first-order valence-electron chi connectivity index (χ1n) is 6.36. The molecule has 0 bridgehead atoms. The Balaban J connectivity index is 3.59. The third-order valence-electron chi connectivity index (χ3n) is 2.57. The van der Waals surface area contributed by atoms with E-state index in [0.29, 0.717) is 25.7 Å². The maximum Gasteiger partial charge on any atom is 0.234 e. The molecule has 0 spiro atoms. The molecule has 0 fully saturated rings. The molecule has 100 valence electrons. The summed E-state index contributed by atoms with van der Waals surface area (Å²) in [5.74, 6) is 0.0506. The normalized spacial score (nSPS) is 12.5. The van der Waals surface area contributed by atoms with Gasteiger partial charge in [-0.25, -0.2) is 0 Å². The van der Waals surface area contributed by atoms with Crippen molar-refractivity contribution in [1.29, 1.82) is 0 Å². The molecule has 0 heterocycles. The van der Waals surface area contributed by atoms with Crippen molar-refractivity contribution in [2.75, 3.05) is 19.7 Å². The quantitative estimate of drug-likeness (QED) is 0.570. The molecule has 0 saturated carbocycles. The minimum Gasteiger partial charge on any atom is -0.373 e. The lowest BCUT2D eigenvalue weighted by atomic mass is 10.2. The van der Waals surface area contributed by atoms with Crippen LogP contribution in [-0.4, -0.2) is 37.7 Å². The van der Waals surface area contributed by atoms with Gasteiger partial charge in [0.1, 0.15) is 0 Å². The molecule has 0 radical (unpaired) electrons. The lowest BCUT2D eigenvalue weighted by Crippen LogP contribution is -2.41. The van der Waals surface area contributed by atoms with E-state index in [9.17, 15) is 4.79 Å². The third kappa shape index (κ3) is 8.89. The highest BCUT2D eigenvalue weighted by atomic mass is 16.5. The molecule has 1 atom stereocenters. The molecule has 0 aromatic heterocycles. The highest BCUT2D eigenvalue weighted by Gasteiger charge is 2.08. The number of carbonyl (C=O) groups excluding carboxylic acids is 1. The van der Waals surface area contributed by atoms with Crippen LogP contribution in [0.2, 0.25) is 0 Å². The summed E-state index contributed by atoms with van der Waals surface area (Å²) in [4.78, 5) is 11.5. The molecule has 0 saturated heterocycles. The van der Waals surface area contributed by atoms with Gasteiger partial charge in [-0.1, -0.05) is 19.9 Å². The van der Waals surface area contributed by atoms with Crippen LogP contribution in [0.1, 0.15) is 33.6 Å². The molecule has 4 nitrogen and oxygen atoms in total. The maximum atomic E-state index is 11.5. The molecule has 0 aliphatic heterocycles. The fraction of sp³-hybridized carbons (Fsp3) is 0.769.